The van der Waals surface area contributed by atoms with Gasteiger partial charge in [-0.2, -0.15) is 0 Å². The summed E-state index contributed by atoms with van der Waals surface area (Å²) in [5.74, 6) is -1.40. The van der Waals surface area contributed by atoms with E-state index in [1.807, 2.05) is 0 Å². The van der Waals surface area contributed by atoms with Gasteiger partial charge in [-0.1, -0.05) is 11.6 Å². The largest absolute Gasteiger partial charge is 0.369 e. The zero-order valence-corrected chi connectivity index (χ0v) is 16.7. The van der Waals surface area contributed by atoms with Crippen molar-refractivity contribution in [3.8, 4) is 0 Å². The van der Waals surface area contributed by atoms with Gasteiger partial charge in [0.25, 0.3) is 0 Å². The summed E-state index contributed by atoms with van der Waals surface area (Å²) in [6.45, 7) is 2.18. The Kier molecular flexibility index (Phi) is 6.23. The van der Waals surface area contributed by atoms with E-state index >= 15 is 0 Å². The summed E-state index contributed by atoms with van der Waals surface area (Å²) in [6, 6.07) is 3.26. The van der Waals surface area contributed by atoms with Crippen LogP contribution >= 0.6 is 11.6 Å². The molecule has 2 aliphatic heterocycles. The Labute approximate surface area is 167 Å². The molecule has 2 amide bonds. The van der Waals surface area contributed by atoms with Crippen molar-refractivity contribution >= 4 is 33.4 Å². The van der Waals surface area contributed by atoms with Gasteiger partial charge in [-0.15, -0.1) is 0 Å². The van der Waals surface area contributed by atoms with Crippen molar-refractivity contribution in [2.24, 2.45) is 11.7 Å². The summed E-state index contributed by atoms with van der Waals surface area (Å²) in [7, 11) is -3.96. The molecule has 0 atom stereocenters. The molecule has 11 heteroatoms. The summed E-state index contributed by atoms with van der Waals surface area (Å²) in [4.78, 5) is 27.0. The van der Waals surface area contributed by atoms with Crippen LogP contribution < -0.4 is 10.5 Å². The van der Waals surface area contributed by atoms with E-state index in [9.17, 15) is 22.4 Å². The van der Waals surface area contributed by atoms with Gasteiger partial charge in [-0.25, -0.2) is 17.5 Å². The molecule has 28 heavy (non-hydrogen) atoms. The van der Waals surface area contributed by atoms with Gasteiger partial charge in [0.2, 0.25) is 21.8 Å². The Bertz CT molecular complexity index is 868. The molecular weight excluding hydrogens is 411 g/mol. The summed E-state index contributed by atoms with van der Waals surface area (Å²) in [5.41, 5.74) is 5.33. The van der Waals surface area contributed by atoms with Crippen molar-refractivity contribution in [1.82, 2.24) is 14.5 Å². The smallest absolute Gasteiger partial charge is 0.241 e. The minimum absolute atomic E-state index is 0.0802. The maximum Gasteiger partial charge on any atom is 0.241 e. The van der Waals surface area contributed by atoms with Crippen LogP contribution in [-0.4, -0.2) is 68.8 Å². The molecule has 8 nitrogen and oxygen atoms in total. The molecule has 2 aliphatic rings. The standard InChI is InChI=1S/C17H22ClFN4O4S/c18-14-7-13(1-2-15(14)19)28(26,27)21-8-16(24)23-9-12(10-23)22-5-3-11(4-6-22)17(20)25/h1-2,7,11-12,21H,3-6,8-10H2,(H2,20,25). The number of likely N-dealkylation sites (tertiary alicyclic amines) is 2. The molecule has 154 valence electrons. The third kappa shape index (κ3) is 4.62. The molecule has 0 spiro atoms. The van der Waals surface area contributed by atoms with Crippen LogP contribution in [0.25, 0.3) is 0 Å². The Morgan fingerprint density at radius 2 is 1.89 bits per heavy atom. The average Bonchev–Trinajstić information content (AvgIpc) is 2.61. The molecule has 1 aromatic rings. The summed E-state index contributed by atoms with van der Waals surface area (Å²) < 4.78 is 39.8. The second kappa shape index (κ2) is 8.32. The highest BCUT2D eigenvalue weighted by molar-refractivity contribution is 7.89. The van der Waals surface area contributed by atoms with Gasteiger partial charge in [0.05, 0.1) is 16.5 Å². The summed E-state index contributed by atoms with van der Waals surface area (Å²) >= 11 is 5.61. The van der Waals surface area contributed by atoms with E-state index in [2.05, 4.69) is 9.62 Å². The third-order valence-electron chi connectivity index (χ3n) is 5.28. The minimum Gasteiger partial charge on any atom is -0.369 e. The number of nitrogens with one attached hydrogen (secondary N) is 1. The van der Waals surface area contributed by atoms with Crippen molar-refractivity contribution in [1.29, 1.82) is 0 Å². The molecule has 0 unspecified atom stereocenters. The maximum absolute atomic E-state index is 13.2. The first-order valence-corrected chi connectivity index (χ1v) is 10.8. The minimum atomic E-state index is -3.96. The van der Waals surface area contributed by atoms with Gasteiger partial charge < -0.3 is 10.6 Å². The second-order valence-electron chi connectivity index (χ2n) is 7.07. The lowest BCUT2D eigenvalue weighted by Gasteiger charge is -2.47. The molecule has 0 aromatic heterocycles. The van der Waals surface area contributed by atoms with Crippen LogP contribution in [0.1, 0.15) is 12.8 Å². The molecule has 0 saturated carbocycles. The Hall–Kier alpha value is -1.75. The van der Waals surface area contributed by atoms with Crippen molar-refractivity contribution in [2.75, 3.05) is 32.7 Å². The van der Waals surface area contributed by atoms with E-state index in [1.54, 1.807) is 4.90 Å². The van der Waals surface area contributed by atoms with E-state index < -0.39 is 15.8 Å². The van der Waals surface area contributed by atoms with Crippen LogP contribution in [0.2, 0.25) is 5.02 Å². The fraction of sp³-hybridized carbons (Fsp3) is 0.529. The zero-order valence-electron chi connectivity index (χ0n) is 15.1. The van der Waals surface area contributed by atoms with Crippen molar-refractivity contribution in [3.63, 3.8) is 0 Å². The lowest BCUT2D eigenvalue weighted by Crippen LogP contribution is -2.63. The topological polar surface area (TPSA) is 113 Å². The number of primary amides is 1. The molecule has 2 saturated heterocycles. The summed E-state index contributed by atoms with van der Waals surface area (Å²) in [6.07, 6.45) is 1.44. The Morgan fingerprint density at radius 3 is 2.46 bits per heavy atom. The number of nitrogens with zero attached hydrogens (tertiary/aromatic N) is 2. The van der Waals surface area contributed by atoms with Gasteiger partial charge in [0.1, 0.15) is 5.82 Å². The lowest BCUT2D eigenvalue weighted by molar-refractivity contribution is -0.138. The molecule has 3 N–H and O–H groups in total. The number of sulfonamides is 1. The highest BCUT2D eigenvalue weighted by atomic mass is 35.5. The molecule has 0 radical (unpaired) electrons. The first kappa shape index (κ1) is 21.0. The van der Waals surface area contributed by atoms with E-state index in [1.165, 1.54) is 0 Å². The first-order valence-electron chi connectivity index (χ1n) is 8.93. The number of amides is 2. The van der Waals surface area contributed by atoms with Crippen LogP contribution in [0.3, 0.4) is 0 Å². The third-order valence-corrected chi connectivity index (χ3v) is 6.97. The molecule has 2 fully saturated rings. The van der Waals surface area contributed by atoms with Crippen LogP contribution in [0.15, 0.2) is 23.1 Å². The molecule has 2 heterocycles. The average molecular weight is 433 g/mol. The number of carbonyl (C=O) groups is 2. The number of nitrogens with two attached hydrogens (primary N) is 1. The molecule has 3 rings (SSSR count). The van der Waals surface area contributed by atoms with Gasteiger partial charge in [-0.3, -0.25) is 14.5 Å². The van der Waals surface area contributed by atoms with Gasteiger partial charge in [-0.05, 0) is 44.1 Å². The summed E-state index contributed by atoms with van der Waals surface area (Å²) in [5, 5.41) is -0.306. The van der Waals surface area contributed by atoms with Crippen LogP contribution in [-0.2, 0) is 19.6 Å². The number of halogens is 2. The second-order valence-corrected chi connectivity index (χ2v) is 9.24. The molecule has 1 aromatic carbocycles. The van der Waals surface area contributed by atoms with E-state index in [0.717, 1.165) is 44.1 Å². The van der Waals surface area contributed by atoms with Gasteiger partial charge in [0, 0.05) is 25.0 Å². The number of carbonyl (C=O) groups excluding carboxylic acids is 2. The van der Waals surface area contributed by atoms with Gasteiger partial charge >= 0.3 is 0 Å². The maximum atomic E-state index is 13.2. The van der Waals surface area contributed by atoms with Crippen LogP contribution in [0, 0.1) is 11.7 Å². The highest BCUT2D eigenvalue weighted by Crippen LogP contribution is 2.23. The lowest BCUT2D eigenvalue weighted by atomic mass is 9.94. The number of hydrogen-bond acceptors (Lipinski definition) is 5. The van der Waals surface area contributed by atoms with E-state index in [4.69, 9.17) is 17.3 Å². The van der Waals surface area contributed by atoms with Crippen molar-refractivity contribution in [2.45, 2.75) is 23.8 Å². The Morgan fingerprint density at radius 1 is 1.25 bits per heavy atom. The molecule has 0 bridgehead atoms. The number of hydrogen-bond donors (Lipinski definition) is 2. The quantitative estimate of drug-likeness (QED) is 0.665. The predicted octanol–water partition coefficient (Wildman–Crippen LogP) is 0.166. The van der Waals surface area contributed by atoms with Gasteiger partial charge in [0.15, 0.2) is 0 Å². The molecular formula is C17H22ClFN4O4S. The fourth-order valence-electron chi connectivity index (χ4n) is 3.43. The highest BCUT2D eigenvalue weighted by Gasteiger charge is 2.37. The van der Waals surface area contributed by atoms with E-state index in [-0.39, 0.29) is 40.2 Å². The normalized spacial score (nSPS) is 19.4. The zero-order chi connectivity index (χ0) is 20.5. The Balaban J connectivity index is 1.45. The van der Waals surface area contributed by atoms with Crippen molar-refractivity contribution in [3.05, 3.63) is 29.0 Å². The number of piperidine rings is 1. The number of rotatable bonds is 6. The van der Waals surface area contributed by atoms with Crippen molar-refractivity contribution < 1.29 is 22.4 Å². The monoisotopic (exact) mass is 432 g/mol. The fourth-order valence-corrected chi connectivity index (χ4v) is 4.68. The molecule has 0 aliphatic carbocycles. The SMILES string of the molecule is NC(=O)C1CCN(C2CN(C(=O)CNS(=O)(=O)c3ccc(F)c(Cl)c3)C2)CC1. The first-order chi connectivity index (χ1) is 13.2. The van der Waals surface area contributed by atoms with E-state index in [0.29, 0.717) is 13.1 Å². The van der Waals surface area contributed by atoms with Crippen LogP contribution in [0.4, 0.5) is 4.39 Å². The van der Waals surface area contributed by atoms with Crippen LogP contribution in [0.5, 0.6) is 0 Å². The number of benzene rings is 1. The predicted molar refractivity (Wildman–Crippen MR) is 100 cm³/mol.